The molecule has 0 aromatic carbocycles. The predicted octanol–water partition coefficient (Wildman–Crippen LogP) is 1.91. The van der Waals surface area contributed by atoms with E-state index in [2.05, 4.69) is 25.4 Å². The number of carbonyl (C=O) groups is 1. The molecule has 0 atom stereocenters. The SMILES string of the molecule is CCc1ccc2c(=O)n(CC(=O)Nc3ncccn3)nc(C(C)C)c2n1. The minimum absolute atomic E-state index is 0.0597. The summed E-state index contributed by atoms with van der Waals surface area (Å²) >= 11 is 0. The highest BCUT2D eigenvalue weighted by Gasteiger charge is 2.17. The number of carbonyl (C=O) groups excluding carboxylic acids is 1. The highest BCUT2D eigenvalue weighted by Crippen LogP contribution is 2.19. The number of hydrogen-bond acceptors (Lipinski definition) is 6. The molecule has 3 rings (SSSR count). The van der Waals surface area contributed by atoms with E-state index in [0.29, 0.717) is 16.6 Å². The maximum atomic E-state index is 12.7. The first kappa shape index (κ1) is 17.7. The van der Waals surface area contributed by atoms with Crippen molar-refractivity contribution in [2.45, 2.75) is 39.7 Å². The van der Waals surface area contributed by atoms with Crippen LogP contribution >= 0.6 is 0 Å². The van der Waals surface area contributed by atoms with E-state index < -0.39 is 5.91 Å². The molecule has 0 unspecified atom stereocenters. The second-order valence-corrected chi connectivity index (χ2v) is 6.18. The Hall–Kier alpha value is -3.16. The number of hydrogen-bond donors (Lipinski definition) is 1. The zero-order valence-corrected chi connectivity index (χ0v) is 14.9. The third-order valence-electron chi connectivity index (χ3n) is 3.91. The molecular weight excluding hydrogens is 332 g/mol. The molecule has 0 bridgehead atoms. The summed E-state index contributed by atoms with van der Waals surface area (Å²) in [5, 5.41) is 7.42. The number of fused-ring (bicyclic) bond motifs is 1. The molecule has 0 spiro atoms. The Balaban J connectivity index is 1.99. The average Bonchev–Trinajstić information content (AvgIpc) is 2.64. The van der Waals surface area contributed by atoms with Crippen LogP contribution in [0.3, 0.4) is 0 Å². The zero-order chi connectivity index (χ0) is 18.7. The van der Waals surface area contributed by atoms with Crippen LogP contribution in [0.15, 0.2) is 35.4 Å². The lowest BCUT2D eigenvalue weighted by atomic mass is 10.1. The summed E-state index contributed by atoms with van der Waals surface area (Å²) < 4.78 is 1.17. The third kappa shape index (κ3) is 3.58. The van der Waals surface area contributed by atoms with Gasteiger partial charge < -0.3 is 0 Å². The van der Waals surface area contributed by atoms with Gasteiger partial charge in [-0.15, -0.1) is 0 Å². The summed E-state index contributed by atoms with van der Waals surface area (Å²) in [6.07, 6.45) is 3.82. The van der Waals surface area contributed by atoms with Crippen LogP contribution < -0.4 is 10.9 Å². The van der Waals surface area contributed by atoms with Crippen molar-refractivity contribution in [3.8, 4) is 0 Å². The van der Waals surface area contributed by atoms with E-state index in [-0.39, 0.29) is 24.0 Å². The van der Waals surface area contributed by atoms with Gasteiger partial charge in [0, 0.05) is 18.1 Å². The summed E-state index contributed by atoms with van der Waals surface area (Å²) in [5.74, 6) is -0.174. The minimum atomic E-state index is -0.419. The Morgan fingerprint density at radius 2 is 1.96 bits per heavy atom. The fourth-order valence-electron chi connectivity index (χ4n) is 2.59. The van der Waals surface area contributed by atoms with Crippen LogP contribution in [0.1, 0.15) is 38.1 Å². The quantitative estimate of drug-likeness (QED) is 0.752. The van der Waals surface area contributed by atoms with Gasteiger partial charge in [-0.3, -0.25) is 19.9 Å². The van der Waals surface area contributed by atoms with Crippen LogP contribution in [0.4, 0.5) is 5.95 Å². The first-order valence-electron chi connectivity index (χ1n) is 8.47. The molecule has 0 saturated heterocycles. The van der Waals surface area contributed by atoms with Crippen LogP contribution in [0.5, 0.6) is 0 Å². The molecule has 0 aliphatic heterocycles. The lowest BCUT2D eigenvalue weighted by Gasteiger charge is -2.13. The molecule has 1 amide bonds. The van der Waals surface area contributed by atoms with Crippen molar-refractivity contribution < 1.29 is 4.79 Å². The van der Waals surface area contributed by atoms with Crippen molar-refractivity contribution in [3.05, 3.63) is 52.3 Å². The Kier molecular flexibility index (Phi) is 5.01. The molecule has 8 nitrogen and oxygen atoms in total. The molecule has 0 aliphatic rings. The summed E-state index contributed by atoms with van der Waals surface area (Å²) in [5.41, 5.74) is 1.85. The standard InChI is InChI=1S/C18H20N6O2/c1-4-12-6-7-13-16(21-12)15(11(2)3)23-24(17(13)26)10-14(25)22-18-19-8-5-9-20-18/h5-9,11H,4,10H2,1-3H3,(H,19,20,22,25). The van der Waals surface area contributed by atoms with Gasteiger partial charge in [0.05, 0.1) is 16.6 Å². The minimum Gasteiger partial charge on any atom is -0.293 e. The van der Waals surface area contributed by atoms with Crippen molar-refractivity contribution >= 4 is 22.8 Å². The van der Waals surface area contributed by atoms with Crippen LogP contribution in [0.2, 0.25) is 0 Å². The number of aryl methyl sites for hydroxylation is 1. The first-order valence-corrected chi connectivity index (χ1v) is 8.47. The first-order chi connectivity index (χ1) is 12.5. The number of anilines is 1. The number of rotatable bonds is 5. The normalized spacial score (nSPS) is 11.1. The van der Waals surface area contributed by atoms with Crippen molar-refractivity contribution in [2.24, 2.45) is 0 Å². The van der Waals surface area contributed by atoms with Gasteiger partial charge in [0.2, 0.25) is 11.9 Å². The second kappa shape index (κ2) is 7.38. The smallest absolute Gasteiger partial charge is 0.276 e. The molecule has 134 valence electrons. The van der Waals surface area contributed by atoms with E-state index >= 15 is 0 Å². The largest absolute Gasteiger partial charge is 0.293 e. The third-order valence-corrected chi connectivity index (χ3v) is 3.91. The van der Waals surface area contributed by atoms with E-state index in [4.69, 9.17) is 0 Å². The van der Waals surface area contributed by atoms with E-state index in [9.17, 15) is 9.59 Å². The number of amides is 1. The van der Waals surface area contributed by atoms with Gasteiger partial charge in [0.15, 0.2) is 0 Å². The van der Waals surface area contributed by atoms with Gasteiger partial charge >= 0.3 is 0 Å². The molecule has 1 N–H and O–H groups in total. The van der Waals surface area contributed by atoms with Gasteiger partial charge in [-0.2, -0.15) is 5.10 Å². The summed E-state index contributed by atoms with van der Waals surface area (Å²) in [6.45, 7) is 5.75. The van der Waals surface area contributed by atoms with Crippen molar-refractivity contribution in [1.82, 2.24) is 24.7 Å². The number of pyridine rings is 1. The molecule has 0 aliphatic carbocycles. The highest BCUT2D eigenvalue weighted by atomic mass is 16.2. The summed E-state index contributed by atoms with van der Waals surface area (Å²) in [7, 11) is 0. The lowest BCUT2D eigenvalue weighted by molar-refractivity contribution is -0.117. The number of aromatic nitrogens is 5. The number of nitrogens with zero attached hydrogens (tertiary/aromatic N) is 5. The zero-order valence-electron chi connectivity index (χ0n) is 14.9. The van der Waals surface area contributed by atoms with Crippen LogP contribution in [0, 0.1) is 0 Å². The van der Waals surface area contributed by atoms with E-state index in [1.807, 2.05) is 26.8 Å². The average molecular weight is 352 g/mol. The molecule has 0 fully saturated rings. The van der Waals surface area contributed by atoms with Gasteiger partial charge in [-0.1, -0.05) is 20.8 Å². The van der Waals surface area contributed by atoms with Crippen molar-refractivity contribution in [2.75, 3.05) is 5.32 Å². The second-order valence-electron chi connectivity index (χ2n) is 6.18. The van der Waals surface area contributed by atoms with E-state index in [1.54, 1.807) is 12.1 Å². The predicted molar refractivity (Wildman–Crippen MR) is 97.9 cm³/mol. The van der Waals surface area contributed by atoms with E-state index in [1.165, 1.54) is 17.1 Å². The molecule has 26 heavy (non-hydrogen) atoms. The monoisotopic (exact) mass is 352 g/mol. The molecule has 3 heterocycles. The Bertz CT molecular complexity index is 998. The van der Waals surface area contributed by atoms with Gasteiger partial charge in [-0.05, 0) is 30.5 Å². The molecular formula is C18H20N6O2. The Morgan fingerprint density at radius 3 is 2.62 bits per heavy atom. The molecule has 3 aromatic heterocycles. The van der Waals surface area contributed by atoms with Crippen LogP contribution in [-0.4, -0.2) is 30.6 Å². The number of nitrogens with one attached hydrogen (secondary N) is 1. The summed E-state index contributed by atoms with van der Waals surface area (Å²) in [6, 6.07) is 5.24. The fourth-order valence-corrected chi connectivity index (χ4v) is 2.59. The highest BCUT2D eigenvalue weighted by molar-refractivity contribution is 5.89. The van der Waals surface area contributed by atoms with E-state index in [0.717, 1.165) is 12.1 Å². The Labute approximate surface area is 150 Å². The maximum Gasteiger partial charge on any atom is 0.276 e. The Morgan fingerprint density at radius 1 is 1.23 bits per heavy atom. The van der Waals surface area contributed by atoms with Gasteiger partial charge in [0.25, 0.3) is 5.56 Å². The molecule has 8 heteroatoms. The van der Waals surface area contributed by atoms with Crippen LogP contribution in [0.25, 0.3) is 10.9 Å². The van der Waals surface area contributed by atoms with Gasteiger partial charge in [0.1, 0.15) is 6.54 Å². The topological polar surface area (TPSA) is 103 Å². The van der Waals surface area contributed by atoms with Crippen molar-refractivity contribution in [1.29, 1.82) is 0 Å². The summed E-state index contributed by atoms with van der Waals surface area (Å²) in [4.78, 5) is 37.4. The lowest BCUT2D eigenvalue weighted by Crippen LogP contribution is -2.31. The van der Waals surface area contributed by atoms with Crippen LogP contribution in [-0.2, 0) is 17.8 Å². The van der Waals surface area contributed by atoms with Gasteiger partial charge in [-0.25, -0.2) is 14.6 Å². The maximum absolute atomic E-state index is 12.7. The molecule has 3 aromatic rings. The molecule has 0 saturated carbocycles. The van der Waals surface area contributed by atoms with Crippen molar-refractivity contribution in [3.63, 3.8) is 0 Å². The molecule has 0 radical (unpaired) electrons. The fraction of sp³-hybridized carbons (Fsp3) is 0.333.